The van der Waals surface area contributed by atoms with Crippen molar-refractivity contribution in [3.05, 3.63) is 52.6 Å². The molecule has 0 atom stereocenters. The van der Waals surface area contributed by atoms with Crippen LogP contribution >= 0.6 is 11.3 Å². The monoisotopic (exact) mass is 284 g/mol. The molecule has 3 rings (SSSR count). The average molecular weight is 284 g/mol. The number of nitrogens with one attached hydrogen (secondary N) is 2. The fourth-order valence-corrected chi connectivity index (χ4v) is 2.54. The number of hydrogen-bond donors (Lipinski definition) is 2. The third-order valence-corrected chi connectivity index (χ3v) is 3.59. The van der Waals surface area contributed by atoms with Crippen LogP contribution in [0.25, 0.3) is 11.3 Å². The molecule has 0 radical (unpaired) electrons. The molecule has 3 aromatic rings. The first kappa shape index (κ1) is 12.6. The second-order valence-corrected chi connectivity index (χ2v) is 5.06. The number of H-pyrrole nitrogens is 1. The molecule has 0 saturated heterocycles. The first-order valence-electron chi connectivity index (χ1n) is 6.04. The first-order valence-corrected chi connectivity index (χ1v) is 6.98. The summed E-state index contributed by atoms with van der Waals surface area (Å²) >= 11 is 1.62. The van der Waals surface area contributed by atoms with E-state index in [-0.39, 0.29) is 5.91 Å². The number of nitrogens with zero attached hydrogens (tertiary/aromatic N) is 2. The smallest absolute Gasteiger partial charge is 0.257 e. The Morgan fingerprint density at radius 1 is 1.35 bits per heavy atom. The minimum absolute atomic E-state index is 0.187. The number of hydrogen-bond acceptors (Lipinski definition) is 4. The van der Waals surface area contributed by atoms with Crippen LogP contribution < -0.4 is 5.32 Å². The molecule has 100 valence electrons. The first-order chi connectivity index (χ1) is 9.74. The zero-order valence-corrected chi connectivity index (χ0v) is 11.6. The van der Waals surface area contributed by atoms with E-state index in [1.807, 2.05) is 29.8 Å². The van der Waals surface area contributed by atoms with Crippen LogP contribution in [-0.2, 0) is 0 Å². The molecule has 0 fully saturated rings. The SMILES string of the molecule is Cc1nc(-c2ccsc2)ccc1C(=O)Nc1cn[nH]c1. The molecule has 0 bridgehead atoms. The molecule has 0 spiro atoms. The van der Waals surface area contributed by atoms with Crippen LogP contribution in [0.3, 0.4) is 0 Å². The molecule has 0 aliphatic carbocycles. The molecule has 1 amide bonds. The Labute approximate surface area is 119 Å². The van der Waals surface area contributed by atoms with Gasteiger partial charge < -0.3 is 5.32 Å². The molecule has 0 aliphatic heterocycles. The summed E-state index contributed by atoms with van der Waals surface area (Å²) in [5.74, 6) is -0.187. The van der Waals surface area contributed by atoms with E-state index in [4.69, 9.17) is 0 Å². The lowest BCUT2D eigenvalue weighted by atomic mass is 10.1. The van der Waals surface area contributed by atoms with Gasteiger partial charge in [-0.2, -0.15) is 16.4 Å². The van der Waals surface area contributed by atoms with Gasteiger partial charge in [0.1, 0.15) is 0 Å². The fourth-order valence-electron chi connectivity index (χ4n) is 1.89. The molecule has 2 N–H and O–H groups in total. The van der Waals surface area contributed by atoms with Crippen LogP contribution in [0.2, 0.25) is 0 Å². The highest BCUT2D eigenvalue weighted by atomic mass is 32.1. The molecule has 0 saturated carbocycles. The van der Waals surface area contributed by atoms with Gasteiger partial charge in [-0.05, 0) is 30.5 Å². The molecule has 6 heteroatoms. The Bertz CT molecular complexity index is 720. The van der Waals surface area contributed by atoms with Crippen LogP contribution in [-0.4, -0.2) is 21.1 Å². The van der Waals surface area contributed by atoms with Crippen molar-refractivity contribution in [2.45, 2.75) is 6.92 Å². The summed E-state index contributed by atoms with van der Waals surface area (Å²) in [5, 5.41) is 13.2. The van der Waals surface area contributed by atoms with Crippen molar-refractivity contribution in [1.29, 1.82) is 0 Å². The number of pyridine rings is 1. The van der Waals surface area contributed by atoms with Gasteiger partial charge in [-0.3, -0.25) is 14.9 Å². The average Bonchev–Trinajstić information content (AvgIpc) is 3.11. The fraction of sp³-hybridized carbons (Fsp3) is 0.0714. The lowest BCUT2D eigenvalue weighted by Gasteiger charge is -2.07. The van der Waals surface area contributed by atoms with Crippen molar-refractivity contribution < 1.29 is 4.79 Å². The summed E-state index contributed by atoms with van der Waals surface area (Å²) in [6, 6.07) is 5.67. The summed E-state index contributed by atoms with van der Waals surface area (Å²) in [7, 11) is 0. The summed E-state index contributed by atoms with van der Waals surface area (Å²) < 4.78 is 0. The van der Waals surface area contributed by atoms with E-state index in [1.165, 1.54) is 0 Å². The summed E-state index contributed by atoms with van der Waals surface area (Å²) in [4.78, 5) is 16.6. The molecule has 5 nitrogen and oxygen atoms in total. The molecule has 0 aromatic carbocycles. The standard InChI is InChI=1S/C14H12N4OS/c1-9-12(14(19)18-11-6-15-16-7-11)2-3-13(17-9)10-4-5-20-8-10/h2-8H,1H3,(H,15,16)(H,18,19). The Balaban J connectivity index is 1.86. The number of amides is 1. The van der Waals surface area contributed by atoms with E-state index in [0.717, 1.165) is 11.3 Å². The maximum atomic E-state index is 12.1. The Morgan fingerprint density at radius 2 is 2.25 bits per heavy atom. The topological polar surface area (TPSA) is 70.7 Å². The molecule has 3 aromatic heterocycles. The molecule has 0 unspecified atom stereocenters. The van der Waals surface area contributed by atoms with Crippen LogP contribution in [0.5, 0.6) is 0 Å². The number of anilines is 1. The van der Waals surface area contributed by atoms with Gasteiger partial charge in [0.05, 0.1) is 28.8 Å². The zero-order valence-electron chi connectivity index (χ0n) is 10.8. The van der Waals surface area contributed by atoms with E-state index in [1.54, 1.807) is 29.8 Å². The van der Waals surface area contributed by atoms with Crippen LogP contribution in [0.15, 0.2) is 41.4 Å². The minimum atomic E-state index is -0.187. The van der Waals surface area contributed by atoms with Gasteiger partial charge in [0.15, 0.2) is 0 Å². The molecule has 20 heavy (non-hydrogen) atoms. The maximum Gasteiger partial charge on any atom is 0.257 e. The van der Waals surface area contributed by atoms with Crippen molar-refractivity contribution in [3.63, 3.8) is 0 Å². The van der Waals surface area contributed by atoms with Gasteiger partial charge in [-0.15, -0.1) is 0 Å². The van der Waals surface area contributed by atoms with Gasteiger partial charge in [-0.1, -0.05) is 0 Å². The predicted octanol–water partition coefficient (Wildman–Crippen LogP) is 3.09. The van der Waals surface area contributed by atoms with E-state index in [9.17, 15) is 4.79 Å². The van der Waals surface area contributed by atoms with Gasteiger partial charge in [-0.25, -0.2) is 0 Å². The third kappa shape index (κ3) is 2.46. The highest BCUT2D eigenvalue weighted by Gasteiger charge is 2.12. The summed E-state index contributed by atoms with van der Waals surface area (Å²) in [6.07, 6.45) is 3.18. The molecule has 3 heterocycles. The number of thiophene rings is 1. The van der Waals surface area contributed by atoms with Gasteiger partial charge >= 0.3 is 0 Å². The van der Waals surface area contributed by atoms with Crippen molar-refractivity contribution in [3.8, 4) is 11.3 Å². The molecular weight excluding hydrogens is 272 g/mol. The second kappa shape index (κ2) is 5.26. The molecule has 0 aliphatic rings. The van der Waals surface area contributed by atoms with Crippen molar-refractivity contribution in [1.82, 2.24) is 15.2 Å². The van der Waals surface area contributed by atoms with E-state index < -0.39 is 0 Å². The third-order valence-electron chi connectivity index (χ3n) is 2.90. The summed E-state index contributed by atoms with van der Waals surface area (Å²) in [6.45, 7) is 1.83. The van der Waals surface area contributed by atoms with Crippen molar-refractivity contribution in [2.24, 2.45) is 0 Å². The lowest BCUT2D eigenvalue weighted by Crippen LogP contribution is -2.13. The number of aromatic amines is 1. The van der Waals surface area contributed by atoms with Crippen LogP contribution in [0, 0.1) is 6.92 Å². The number of aromatic nitrogens is 3. The highest BCUT2D eigenvalue weighted by Crippen LogP contribution is 2.21. The minimum Gasteiger partial charge on any atom is -0.319 e. The lowest BCUT2D eigenvalue weighted by molar-refractivity contribution is 0.102. The Morgan fingerprint density at radius 3 is 2.90 bits per heavy atom. The normalized spacial score (nSPS) is 10.4. The van der Waals surface area contributed by atoms with E-state index in [0.29, 0.717) is 16.9 Å². The number of rotatable bonds is 3. The maximum absolute atomic E-state index is 12.1. The van der Waals surface area contributed by atoms with Gasteiger partial charge in [0, 0.05) is 17.1 Å². The quantitative estimate of drug-likeness (QED) is 0.776. The van der Waals surface area contributed by atoms with Crippen molar-refractivity contribution >= 4 is 22.9 Å². The zero-order chi connectivity index (χ0) is 13.9. The van der Waals surface area contributed by atoms with E-state index >= 15 is 0 Å². The van der Waals surface area contributed by atoms with Crippen LogP contribution in [0.4, 0.5) is 5.69 Å². The largest absolute Gasteiger partial charge is 0.319 e. The highest BCUT2D eigenvalue weighted by molar-refractivity contribution is 7.08. The van der Waals surface area contributed by atoms with Gasteiger partial charge in [0.2, 0.25) is 0 Å². The van der Waals surface area contributed by atoms with Crippen LogP contribution in [0.1, 0.15) is 16.1 Å². The van der Waals surface area contributed by atoms with Crippen molar-refractivity contribution in [2.75, 3.05) is 5.32 Å². The number of carbonyl (C=O) groups excluding carboxylic acids is 1. The second-order valence-electron chi connectivity index (χ2n) is 4.28. The Hall–Kier alpha value is -2.47. The Kier molecular flexibility index (Phi) is 3.30. The van der Waals surface area contributed by atoms with Gasteiger partial charge in [0.25, 0.3) is 5.91 Å². The number of carbonyl (C=O) groups is 1. The number of aryl methyl sites for hydroxylation is 1. The summed E-state index contributed by atoms with van der Waals surface area (Å²) in [5.41, 5.74) is 3.85. The molecular formula is C14H12N4OS. The predicted molar refractivity (Wildman–Crippen MR) is 78.8 cm³/mol. The van der Waals surface area contributed by atoms with E-state index in [2.05, 4.69) is 20.5 Å².